The van der Waals surface area contributed by atoms with Gasteiger partial charge in [0.1, 0.15) is 5.82 Å². The number of ketones is 1. The van der Waals surface area contributed by atoms with Gasteiger partial charge in [0.25, 0.3) is 5.91 Å². The molecule has 0 radical (unpaired) electrons. The van der Waals surface area contributed by atoms with E-state index < -0.39 is 5.91 Å². The summed E-state index contributed by atoms with van der Waals surface area (Å²) in [6.45, 7) is 2.32. The highest BCUT2D eigenvalue weighted by Crippen LogP contribution is 2.26. The van der Waals surface area contributed by atoms with Gasteiger partial charge < -0.3 is 10.6 Å². The zero-order valence-electron chi connectivity index (χ0n) is 10.4. The number of aromatic nitrogens is 1. The first-order chi connectivity index (χ1) is 8.61. The van der Waals surface area contributed by atoms with E-state index in [0.29, 0.717) is 11.4 Å². The Morgan fingerprint density at radius 1 is 1.44 bits per heavy atom. The van der Waals surface area contributed by atoms with Gasteiger partial charge in [0.05, 0.1) is 11.6 Å². The van der Waals surface area contributed by atoms with E-state index in [9.17, 15) is 9.59 Å². The van der Waals surface area contributed by atoms with E-state index in [0.717, 1.165) is 25.8 Å². The van der Waals surface area contributed by atoms with Gasteiger partial charge in [0.2, 0.25) is 0 Å². The van der Waals surface area contributed by atoms with Crippen molar-refractivity contribution in [3.05, 3.63) is 23.9 Å². The number of primary amides is 1. The van der Waals surface area contributed by atoms with Crippen molar-refractivity contribution in [1.29, 1.82) is 0 Å². The maximum atomic E-state index is 11.7. The van der Waals surface area contributed by atoms with Crippen LogP contribution in [0.25, 0.3) is 0 Å². The molecule has 0 spiro atoms. The third kappa shape index (κ3) is 2.34. The Balaban J connectivity index is 2.39. The second-order valence-corrected chi connectivity index (χ2v) is 4.55. The maximum absolute atomic E-state index is 11.7. The molecule has 1 amide bonds. The molecule has 0 aliphatic carbocycles. The first-order valence-electron chi connectivity index (χ1n) is 6.13. The van der Waals surface area contributed by atoms with Gasteiger partial charge in [-0.25, -0.2) is 4.98 Å². The zero-order chi connectivity index (χ0) is 13.1. The van der Waals surface area contributed by atoms with Crippen LogP contribution < -0.4 is 10.6 Å². The van der Waals surface area contributed by atoms with Crippen molar-refractivity contribution in [3.63, 3.8) is 0 Å². The van der Waals surface area contributed by atoms with Crippen LogP contribution in [0.5, 0.6) is 0 Å². The number of carbonyl (C=O) groups excluding carboxylic acids is 2. The zero-order valence-corrected chi connectivity index (χ0v) is 10.4. The molecule has 1 unspecified atom stereocenters. The van der Waals surface area contributed by atoms with Crippen LogP contribution in [0.2, 0.25) is 0 Å². The number of nitrogens with two attached hydrogens (primary N) is 1. The molecule has 0 saturated carbocycles. The fourth-order valence-corrected chi connectivity index (χ4v) is 2.43. The molecule has 1 aliphatic heterocycles. The van der Waals surface area contributed by atoms with Crippen molar-refractivity contribution >= 4 is 17.5 Å². The predicted octanol–water partition coefficient (Wildman–Crippen LogP) is 1.13. The summed E-state index contributed by atoms with van der Waals surface area (Å²) in [5, 5.41) is 0. The van der Waals surface area contributed by atoms with Gasteiger partial charge >= 0.3 is 0 Å². The fourth-order valence-electron chi connectivity index (χ4n) is 2.43. The van der Waals surface area contributed by atoms with Crippen LogP contribution in [-0.2, 0) is 4.79 Å². The van der Waals surface area contributed by atoms with Crippen LogP contribution in [0.4, 0.5) is 5.82 Å². The minimum absolute atomic E-state index is 0.107. The van der Waals surface area contributed by atoms with Crippen LogP contribution >= 0.6 is 0 Å². The van der Waals surface area contributed by atoms with Crippen molar-refractivity contribution in [3.8, 4) is 0 Å². The second kappa shape index (κ2) is 5.16. The molecule has 1 aromatic heterocycles. The van der Waals surface area contributed by atoms with Gasteiger partial charge in [0.15, 0.2) is 5.78 Å². The minimum Gasteiger partial charge on any atom is -0.365 e. The summed E-state index contributed by atoms with van der Waals surface area (Å²) in [5.74, 6) is 0.131. The van der Waals surface area contributed by atoms with Crippen LogP contribution in [0.3, 0.4) is 0 Å². The van der Waals surface area contributed by atoms with Gasteiger partial charge in [-0.05, 0) is 38.3 Å². The van der Waals surface area contributed by atoms with E-state index in [4.69, 9.17) is 5.73 Å². The number of carbonyl (C=O) groups is 2. The summed E-state index contributed by atoms with van der Waals surface area (Å²) in [6.07, 6.45) is 4.45. The average Bonchev–Trinajstić information content (AvgIpc) is 2.38. The van der Waals surface area contributed by atoms with E-state index >= 15 is 0 Å². The number of nitrogens with zero attached hydrogens (tertiary/aromatic N) is 2. The fraction of sp³-hybridized carbons (Fsp3) is 0.462. The molecule has 18 heavy (non-hydrogen) atoms. The number of piperidine rings is 1. The summed E-state index contributed by atoms with van der Waals surface area (Å²) in [5.41, 5.74) is 5.73. The maximum Gasteiger partial charge on any atom is 0.252 e. The van der Waals surface area contributed by atoms with E-state index in [2.05, 4.69) is 4.98 Å². The molecular weight excluding hydrogens is 230 g/mol. The third-order valence-electron chi connectivity index (χ3n) is 3.30. The number of pyridine rings is 1. The first-order valence-corrected chi connectivity index (χ1v) is 6.13. The van der Waals surface area contributed by atoms with Crippen molar-refractivity contribution < 1.29 is 9.59 Å². The van der Waals surface area contributed by atoms with Crippen LogP contribution in [0.1, 0.15) is 36.5 Å². The van der Waals surface area contributed by atoms with E-state index in [1.165, 1.54) is 0 Å². The van der Waals surface area contributed by atoms with Crippen molar-refractivity contribution in [2.45, 2.75) is 32.2 Å². The lowest BCUT2D eigenvalue weighted by atomic mass is 9.98. The molecule has 2 N–H and O–H groups in total. The Morgan fingerprint density at radius 2 is 2.22 bits per heavy atom. The number of amides is 1. The molecule has 0 bridgehead atoms. The van der Waals surface area contributed by atoms with E-state index in [1.54, 1.807) is 25.3 Å². The molecule has 5 nitrogen and oxygen atoms in total. The lowest BCUT2D eigenvalue weighted by molar-refractivity contribution is -0.118. The lowest BCUT2D eigenvalue weighted by Gasteiger charge is -2.35. The molecule has 1 atom stereocenters. The highest BCUT2D eigenvalue weighted by Gasteiger charge is 2.29. The highest BCUT2D eigenvalue weighted by molar-refractivity contribution is 5.98. The van der Waals surface area contributed by atoms with E-state index in [-0.39, 0.29) is 11.8 Å². The largest absolute Gasteiger partial charge is 0.365 e. The SMILES string of the molecule is CC(=O)C1CCCCN1c1ncccc1C(N)=O. The first kappa shape index (κ1) is 12.5. The van der Waals surface area contributed by atoms with Crippen LogP contribution in [0, 0.1) is 0 Å². The van der Waals surface area contributed by atoms with Gasteiger partial charge in [0, 0.05) is 12.7 Å². The normalized spacial score (nSPS) is 19.6. The predicted molar refractivity (Wildman–Crippen MR) is 68.4 cm³/mol. The number of hydrogen-bond acceptors (Lipinski definition) is 4. The third-order valence-corrected chi connectivity index (χ3v) is 3.30. The van der Waals surface area contributed by atoms with Crippen molar-refractivity contribution in [2.24, 2.45) is 5.73 Å². The Kier molecular flexibility index (Phi) is 3.60. The standard InChI is InChI=1S/C13H17N3O2/c1-9(17)11-6-2-3-8-16(11)13-10(12(14)18)5-4-7-15-13/h4-5,7,11H,2-3,6,8H2,1H3,(H2,14,18). The smallest absolute Gasteiger partial charge is 0.252 e. The Morgan fingerprint density at radius 3 is 2.89 bits per heavy atom. The Bertz CT molecular complexity index is 473. The molecule has 1 fully saturated rings. The molecule has 2 rings (SSSR count). The van der Waals surface area contributed by atoms with Crippen LogP contribution in [0.15, 0.2) is 18.3 Å². The molecule has 1 aromatic rings. The van der Waals surface area contributed by atoms with Crippen molar-refractivity contribution in [2.75, 3.05) is 11.4 Å². The number of hydrogen-bond donors (Lipinski definition) is 1. The Hall–Kier alpha value is -1.91. The number of Topliss-reactive ketones (excluding diaryl/α,β-unsaturated/α-hetero) is 1. The summed E-state index contributed by atoms with van der Waals surface area (Å²) < 4.78 is 0. The van der Waals surface area contributed by atoms with Crippen LogP contribution in [-0.4, -0.2) is 29.3 Å². The summed E-state index contributed by atoms with van der Waals surface area (Å²) in [7, 11) is 0. The number of anilines is 1. The summed E-state index contributed by atoms with van der Waals surface area (Å²) in [4.78, 5) is 29.2. The van der Waals surface area contributed by atoms with Crippen molar-refractivity contribution in [1.82, 2.24) is 4.98 Å². The summed E-state index contributed by atoms with van der Waals surface area (Å²) >= 11 is 0. The average molecular weight is 247 g/mol. The molecule has 96 valence electrons. The molecule has 0 aromatic carbocycles. The van der Waals surface area contributed by atoms with Gasteiger partial charge in [-0.2, -0.15) is 0 Å². The molecule has 5 heteroatoms. The van der Waals surface area contributed by atoms with Gasteiger partial charge in [-0.3, -0.25) is 9.59 Å². The summed E-state index contributed by atoms with van der Waals surface area (Å²) in [6, 6.07) is 3.14. The molecule has 2 heterocycles. The monoisotopic (exact) mass is 247 g/mol. The topological polar surface area (TPSA) is 76.3 Å². The lowest BCUT2D eigenvalue weighted by Crippen LogP contribution is -2.45. The minimum atomic E-state index is -0.508. The Labute approximate surface area is 106 Å². The molecular formula is C13H17N3O2. The van der Waals surface area contributed by atoms with Gasteiger partial charge in [-0.15, -0.1) is 0 Å². The highest BCUT2D eigenvalue weighted by atomic mass is 16.1. The van der Waals surface area contributed by atoms with E-state index in [1.807, 2.05) is 4.90 Å². The number of rotatable bonds is 3. The second-order valence-electron chi connectivity index (χ2n) is 4.55. The van der Waals surface area contributed by atoms with Gasteiger partial charge in [-0.1, -0.05) is 0 Å². The molecule has 1 saturated heterocycles. The molecule has 1 aliphatic rings. The quantitative estimate of drug-likeness (QED) is 0.868.